The van der Waals surface area contributed by atoms with Crippen molar-refractivity contribution >= 4 is 23.8 Å². The van der Waals surface area contributed by atoms with Crippen LogP contribution in [0.4, 0.5) is 0 Å². The maximum Gasteiger partial charge on any atom is 0.303 e. The fourth-order valence-electron chi connectivity index (χ4n) is 3.83. The molecule has 34 heavy (non-hydrogen) atoms. The average Bonchev–Trinajstić information content (AvgIpc) is 3.10. The average molecular weight is 465 g/mol. The molecule has 0 fully saturated rings. The highest BCUT2D eigenvalue weighted by Gasteiger charge is 2.31. The Bertz CT molecular complexity index is 1090. The number of carboxylic acids is 1. The van der Waals surface area contributed by atoms with E-state index in [1.807, 2.05) is 63.2 Å². The van der Waals surface area contributed by atoms with Crippen molar-refractivity contribution in [2.24, 2.45) is 4.99 Å². The molecule has 0 unspecified atom stereocenters. The number of benzene rings is 2. The maximum atomic E-state index is 13.3. The van der Waals surface area contributed by atoms with Gasteiger partial charge in [-0.15, -0.1) is 0 Å². The first kappa shape index (κ1) is 25.0. The first-order valence-corrected chi connectivity index (χ1v) is 11.7. The number of hydrogen-bond acceptors (Lipinski definition) is 5. The van der Waals surface area contributed by atoms with Gasteiger partial charge in [-0.3, -0.25) is 14.5 Å². The van der Waals surface area contributed by atoms with Crippen LogP contribution in [0.2, 0.25) is 0 Å². The smallest absolute Gasteiger partial charge is 0.303 e. The van der Waals surface area contributed by atoms with E-state index in [-0.39, 0.29) is 12.3 Å². The first-order valence-electron chi connectivity index (χ1n) is 11.7. The van der Waals surface area contributed by atoms with Crippen molar-refractivity contribution in [3.63, 3.8) is 0 Å². The zero-order chi connectivity index (χ0) is 24.5. The number of ether oxygens (including phenoxy) is 2. The fraction of sp³-hybridized carbons (Fsp3) is 0.370. The Morgan fingerprint density at radius 1 is 1.03 bits per heavy atom. The molecule has 0 radical (unpaired) electrons. The van der Waals surface area contributed by atoms with E-state index in [1.54, 1.807) is 11.0 Å². The van der Waals surface area contributed by atoms with Crippen LogP contribution in [0.15, 0.2) is 53.2 Å². The molecule has 0 spiro atoms. The van der Waals surface area contributed by atoms with Crippen molar-refractivity contribution < 1.29 is 24.2 Å². The molecular weight excluding hydrogens is 432 g/mol. The van der Waals surface area contributed by atoms with Gasteiger partial charge in [0.1, 0.15) is 11.5 Å². The highest BCUT2D eigenvalue weighted by Crippen LogP contribution is 2.31. The van der Waals surface area contributed by atoms with Crippen LogP contribution >= 0.6 is 0 Å². The third-order valence-corrected chi connectivity index (χ3v) is 5.48. The zero-order valence-electron chi connectivity index (χ0n) is 20.0. The van der Waals surface area contributed by atoms with Gasteiger partial charge in [-0.25, -0.2) is 4.99 Å². The van der Waals surface area contributed by atoms with Gasteiger partial charge in [-0.2, -0.15) is 0 Å². The SMILES string of the molecule is CCOc1ccc(/C=C2/N=C(c3ccccc3C)N(CCCCCC(=O)O)C2=O)cc1OCC. The molecule has 3 rings (SSSR count). The van der Waals surface area contributed by atoms with Gasteiger partial charge in [0, 0.05) is 18.5 Å². The lowest BCUT2D eigenvalue weighted by molar-refractivity contribution is -0.137. The molecule has 1 amide bonds. The van der Waals surface area contributed by atoms with E-state index in [0.29, 0.717) is 55.6 Å². The van der Waals surface area contributed by atoms with Crippen LogP contribution in [0.1, 0.15) is 56.2 Å². The number of carbonyl (C=O) groups is 2. The summed E-state index contributed by atoms with van der Waals surface area (Å²) in [6.45, 7) is 7.34. The van der Waals surface area contributed by atoms with Crippen LogP contribution in [0.3, 0.4) is 0 Å². The summed E-state index contributed by atoms with van der Waals surface area (Å²) < 4.78 is 11.3. The van der Waals surface area contributed by atoms with Crippen molar-refractivity contribution in [2.75, 3.05) is 19.8 Å². The quantitative estimate of drug-likeness (QED) is 0.350. The summed E-state index contributed by atoms with van der Waals surface area (Å²) >= 11 is 0. The highest BCUT2D eigenvalue weighted by molar-refractivity contribution is 6.20. The minimum atomic E-state index is -0.800. The molecule has 180 valence electrons. The summed E-state index contributed by atoms with van der Waals surface area (Å²) in [6, 6.07) is 13.4. The first-order chi connectivity index (χ1) is 16.4. The minimum Gasteiger partial charge on any atom is -0.490 e. The summed E-state index contributed by atoms with van der Waals surface area (Å²) in [5, 5.41) is 8.85. The molecule has 0 aromatic heterocycles. The van der Waals surface area contributed by atoms with E-state index >= 15 is 0 Å². The van der Waals surface area contributed by atoms with Gasteiger partial charge < -0.3 is 14.6 Å². The number of aliphatic carboxylic acids is 1. The number of amidine groups is 1. The van der Waals surface area contributed by atoms with E-state index in [2.05, 4.69) is 0 Å². The van der Waals surface area contributed by atoms with E-state index in [1.165, 1.54) is 0 Å². The number of aliphatic imine (C=N–C) groups is 1. The molecule has 2 aromatic rings. The number of nitrogens with zero attached hydrogens (tertiary/aromatic N) is 2. The molecule has 2 aromatic carbocycles. The Morgan fingerprint density at radius 2 is 1.76 bits per heavy atom. The molecule has 0 atom stereocenters. The maximum absolute atomic E-state index is 13.3. The highest BCUT2D eigenvalue weighted by atomic mass is 16.5. The van der Waals surface area contributed by atoms with Crippen molar-refractivity contribution in [3.8, 4) is 11.5 Å². The predicted octanol–water partition coefficient (Wildman–Crippen LogP) is 5.07. The predicted molar refractivity (Wildman–Crippen MR) is 132 cm³/mol. The van der Waals surface area contributed by atoms with Gasteiger partial charge in [0.2, 0.25) is 0 Å². The van der Waals surface area contributed by atoms with Crippen molar-refractivity contribution in [1.82, 2.24) is 4.90 Å². The second-order valence-corrected chi connectivity index (χ2v) is 8.01. The van der Waals surface area contributed by atoms with E-state index < -0.39 is 5.97 Å². The lowest BCUT2D eigenvalue weighted by Gasteiger charge is -2.19. The van der Waals surface area contributed by atoms with Gasteiger partial charge in [-0.05, 0) is 62.9 Å². The van der Waals surface area contributed by atoms with Crippen LogP contribution in [0, 0.1) is 6.92 Å². The monoisotopic (exact) mass is 464 g/mol. The van der Waals surface area contributed by atoms with Crippen LogP contribution in [0.5, 0.6) is 11.5 Å². The van der Waals surface area contributed by atoms with E-state index in [9.17, 15) is 9.59 Å². The third kappa shape index (κ3) is 6.25. The third-order valence-electron chi connectivity index (χ3n) is 5.48. The second kappa shape index (κ2) is 12.0. The molecule has 0 saturated heterocycles. The van der Waals surface area contributed by atoms with Crippen molar-refractivity contribution in [3.05, 3.63) is 64.9 Å². The topological polar surface area (TPSA) is 88.4 Å². The molecule has 1 aliphatic rings. The fourth-order valence-corrected chi connectivity index (χ4v) is 3.83. The number of unbranched alkanes of at least 4 members (excludes halogenated alkanes) is 2. The van der Waals surface area contributed by atoms with Gasteiger partial charge in [-0.1, -0.05) is 36.8 Å². The minimum absolute atomic E-state index is 0.137. The van der Waals surface area contributed by atoms with Crippen LogP contribution < -0.4 is 9.47 Å². The van der Waals surface area contributed by atoms with Crippen LogP contribution in [-0.4, -0.2) is 47.5 Å². The number of amides is 1. The largest absolute Gasteiger partial charge is 0.490 e. The van der Waals surface area contributed by atoms with E-state index in [4.69, 9.17) is 19.6 Å². The second-order valence-electron chi connectivity index (χ2n) is 8.01. The van der Waals surface area contributed by atoms with Gasteiger partial charge in [0.15, 0.2) is 11.5 Å². The standard InChI is InChI=1S/C27H32N2O5/c1-4-33-23-15-14-20(18-24(23)34-5-2)17-22-27(32)29(16-10-6-7-13-25(30)31)26(28-22)21-12-9-8-11-19(21)3/h8-9,11-12,14-15,17-18H,4-7,10,13,16H2,1-3H3,(H,30,31)/b22-17+. The molecule has 0 saturated carbocycles. The van der Waals surface area contributed by atoms with Crippen LogP contribution in [0.25, 0.3) is 6.08 Å². The molecule has 7 heteroatoms. The summed E-state index contributed by atoms with van der Waals surface area (Å²) in [5.74, 6) is 0.956. The Labute approximate surface area is 200 Å². The summed E-state index contributed by atoms with van der Waals surface area (Å²) in [4.78, 5) is 30.6. The Morgan fingerprint density at radius 3 is 2.47 bits per heavy atom. The van der Waals surface area contributed by atoms with Gasteiger partial charge in [0.05, 0.1) is 13.2 Å². The van der Waals surface area contributed by atoms with Gasteiger partial charge in [0.25, 0.3) is 5.91 Å². The molecule has 1 aliphatic heterocycles. The molecule has 0 aliphatic carbocycles. The molecule has 0 bridgehead atoms. The number of aryl methyl sites for hydroxylation is 1. The lowest BCUT2D eigenvalue weighted by Crippen LogP contribution is -2.34. The van der Waals surface area contributed by atoms with Crippen molar-refractivity contribution in [2.45, 2.75) is 46.5 Å². The summed E-state index contributed by atoms with van der Waals surface area (Å²) in [6.07, 6.45) is 3.92. The Kier molecular flexibility index (Phi) is 8.85. The number of carbonyl (C=O) groups excluding carboxylic acids is 1. The van der Waals surface area contributed by atoms with Crippen LogP contribution in [-0.2, 0) is 9.59 Å². The summed E-state index contributed by atoms with van der Waals surface area (Å²) in [7, 11) is 0. The van der Waals surface area contributed by atoms with Crippen molar-refractivity contribution in [1.29, 1.82) is 0 Å². The molecular formula is C27H32N2O5. The molecule has 1 heterocycles. The number of carboxylic acid groups (broad SMARTS) is 1. The molecule has 7 nitrogen and oxygen atoms in total. The number of hydrogen-bond donors (Lipinski definition) is 1. The Hall–Kier alpha value is -3.61. The number of rotatable bonds is 12. The van der Waals surface area contributed by atoms with Gasteiger partial charge >= 0.3 is 5.97 Å². The Balaban J connectivity index is 1.89. The zero-order valence-corrected chi connectivity index (χ0v) is 20.0. The molecule has 1 N–H and O–H groups in total. The normalized spacial score (nSPS) is 14.4. The van der Waals surface area contributed by atoms with E-state index in [0.717, 1.165) is 23.1 Å². The summed E-state index contributed by atoms with van der Waals surface area (Å²) in [5.41, 5.74) is 3.10. The lowest BCUT2D eigenvalue weighted by atomic mass is 10.1.